The van der Waals surface area contributed by atoms with Crippen molar-refractivity contribution in [3.05, 3.63) is 47.5 Å². The maximum absolute atomic E-state index is 12.8. The summed E-state index contributed by atoms with van der Waals surface area (Å²) in [4.78, 5) is 29.1. The first-order chi connectivity index (χ1) is 13.8. The summed E-state index contributed by atoms with van der Waals surface area (Å²) < 4.78 is 43.2. The van der Waals surface area contributed by atoms with Crippen molar-refractivity contribution < 1.29 is 22.7 Å². The Morgan fingerprint density at radius 3 is 2.41 bits per heavy atom. The number of alkyl halides is 3. The molecule has 0 aliphatic heterocycles. The third kappa shape index (κ3) is 5.07. The van der Waals surface area contributed by atoms with Crippen molar-refractivity contribution in [1.82, 2.24) is 30.1 Å². The minimum Gasteiger partial charge on any atom is -0.467 e. The number of hydrogen-bond donors (Lipinski definition) is 2. The first-order valence-electron chi connectivity index (χ1n) is 7.80. The van der Waals surface area contributed by atoms with Crippen LogP contribution >= 0.6 is 11.6 Å². The zero-order valence-electron chi connectivity index (χ0n) is 14.6. The molecule has 0 fully saturated rings. The molecule has 29 heavy (non-hydrogen) atoms. The number of aromatic amines is 1. The van der Waals surface area contributed by atoms with Crippen molar-refractivity contribution >= 4 is 29.0 Å². The van der Waals surface area contributed by atoms with Crippen LogP contribution in [0.15, 0.2) is 30.9 Å². The van der Waals surface area contributed by atoms with Crippen molar-refractivity contribution in [2.75, 3.05) is 17.3 Å². The third-order valence-electron chi connectivity index (χ3n) is 3.48. The van der Waals surface area contributed by atoms with Gasteiger partial charge < -0.3 is 10.1 Å². The predicted molar refractivity (Wildman–Crippen MR) is 94.4 cm³/mol. The van der Waals surface area contributed by atoms with Crippen molar-refractivity contribution in [3.8, 4) is 6.01 Å². The fourth-order valence-electron chi connectivity index (χ4n) is 2.16. The lowest BCUT2D eigenvalue weighted by Crippen LogP contribution is -2.35. The van der Waals surface area contributed by atoms with Crippen LogP contribution in [-0.2, 0) is 12.7 Å². The molecule has 152 valence electrons. The van der Waals surface area contributed by atoms with Crippen LogP contribution in [0, 0.1) is 0 Å². The lowest BCUT2D eigenvalue weighted by Gasteiger charge is -2.22. The number of carbonyl (C=O) groups is 1. The topological polar surface area (TPSA) is 122 Å². The lowest BCUT2D eigenvalue weighted by molar-refractivity contribution is -0.141. The van der Waals surface area contributed by atoms with Crippen molar-refractivity contribution in [1.29, 1.82) is 0 Å². The van der Waals surface area contributed by atoms with E-state index < -0.39 is 17.9 Å². The molecule has 0 saturated carbocycles. The molecule has 3 rings (SSSR count). The van der Waals surface area contributed by atoms with Crippen LogP contribution in [0.25, 0.3) is 0 Å². The van der Waals surface area contributed by atoms with Gasteiger partial charge in [0.1, 0.15) is 0 Å². The van der Waals surface area contributed by atoms with E-state index in [0.717, 1.165) is 11.0 Å². The van der Waals surface area contributed by atoms with Crippen LogP contribution in [0.2, 0.25) is 5.28 Å². The molecule has 2 N–H and O–H groups in total. The van der Waals surface area contributed by atoms with Gasteiger partial charge in [-0.3, -0.25) is 10.00 Å². The number of methoxy groups -OCH3 is 1. The highest BCUT2D eigenvalue weighted by Crippen LogP contribution is 2.28. The van der Waals surface area contributed by atoms with Crippen molar-refractivity contribution in [2.24, 2.45) is 0 Å². The van der Waals surface area contributed by atoms with Gasteiger partial charge >= 0.3 is 18.2 Å². The van der Waals surface area contributed by atoms with Gasteiger partial charge in [0, 0.05) is 0 Å². The average molecular weight is 429 g/mol. The molecule has 3 aromatic rings. The molecule has 0 spiro atoms. The molecule has 0 atom stereocenters. The summed E-state index contributed by atoms with van der Waals surface area (Å²) in [7, 11) is 1.36. The minimum absolute atomic E-state index is 0.0134. The Hall–Kier alpha value is -3.48. The van der Waals surface area contributed by atoms with E-state index in [1.165, 1.54) is 31.9 Å². The van der Waals surface area contributed by atoms with E-state index in [2.05, 4.69) is 35.5 Å². The number of rotatable bonds is 5. The molecule has 10 nitrogen and oxygen atoms in total. The van der Waals surface area contributed by atoms with Crippen LogP contribution in [0.1, 0.15) is 11.4 Å². The number of amides is 2. The quantitative estimate of drug-likeness (QED) is 0.599. The second-order valence-corrected chi connectivity index (χ2v) is 5.80. The SMILES string of the molecule is COc1ncc(N(Cc2cc(C(F)(F)F)n[nH]2)C(=O)Nc2cnc(Cl)nc2)cn1. The van der Waals surface area contributed by atoms with Gasteiger partial charge in [-0.15, -0.1) is 0 Å². The van der Waals surface area contributed by atoms with E-state index in [4.69, 9.17) is 16.3 Å². The van der Waals surface area contributed by atoms with Gasteiger partial charge in [-0.1, -0.05) is 0 Å². The number of nitrogens with one attached hydrogen (secondary N) is 2. The molecule has 0 aromatic carbocycles. The van der Waals surface area contributed by atoms with Crippen molar-refractivity contribution in [2.45, 2.75) is 12.7 Å². The van der Waals surface area contributed by atoms with Gasteiger partial charge in [0.05, 0.1) is 55.5 Å². The number of nitrogens with zero attached hydrogens (tertiary/aromatic N) is 6. The summed E-state index contributed by atoms with van der Waals surface area (Å²) in [5, 5.41) is 7.98. The molecular formula is C15H12ClF3N8O2. The Kier molecular flexibility index (Phi) is 5.77. The summed E-state index contributed by atoms with van der Waals surface area (Å²) in [6.45, 7) is -0.279. The zero-order valence-corrected chi connectivity index (χ0v) is 15.4. The molecule has 14 heteroatoms. The van der Waals surface area contributed by atoms with Gasteiger partial charge in [0.2, 0.25) is 5.28 Å². The monoisotopic (exact) mass is 428 g/mol. The number of urea groups is 1. The first kappa shape index (κ1) is 20.3. The number of H-pyrrole nitrogens is 1. The van der Waals surface area contributed by atoms with Crippen LogP contribution in [0.4, 0.5) is 29.3 Å². The van der Waals surface area contributed by atoms with Crippen LogP contribution in [0.3, 0.4) is 0 Å². The molecule has 0 aliphatic rings. The number of hydrogen-bond acceptors (Lipinski definition) is 7. The van der Waals surface area contributed by atoms with Gasteiger partial charge in [0.25, 0.3) is 0 Å². The summed E-state index contributed by atoms with van der Waals surface area (Å²) in [6, 6.07) is 0.157. The molecule has 0 radical (unpaired) electrons. The molecule has 0 unspecified atom stereocenters. The first-order valence-corrected chi connectivity index (χ1v) is 8.17. The molecule has 3 aromatic heterocycles. The van der Waals surface area contributed by atoms with Crippen LogP contribution in [0.5, 0.6) is 6.01 Å². The maximum atomic E-state index is 12.8. The number of halogens is 4. The average Bonchev–Trinajstić information content (AvgIpc) is 3.17. The predicted octanol–water partition coefficient (Wildman–Crippen LogP) is 2.91. The molecule has 3 heterocycles. The number of anilines is 2. The van der Waals surface area contributed by atoms with E-state index in [1.807, 2.05) is 0 Å². The third-order valence-corrected chi connectivity index (χ3v) is 3.67. The molecule has 0 bridgehead atoms. The largest absolute Gasteiger partial charge is 0.467 e. The molecular weight excluding hydrogens is 417 g/mol. The second kappa shape index (κ2) is 8.26. The van der Waals surface area contributed by atoms with Gasteiger partial charge in [0.15, 0.2) is 5.69 Å². The standard InChI is InChI=1S/C15H12ClF3N8O2/c1-29-13-22-5-10(6-23-13)27(7-8-2-11(26-25-8)15(17,18)19)14(28)24-9-3-20-12(16)21-4-9/h2-6H,7H2,1H3,(H,24,28)(H,25,26). The summed E-state index contributed by atoms with van der Waals surface area (Å²) in [5.74, 6) is 0. The van der Waals surface area contributed by atoms with E-state index in [9.17, 15) is 18.0 Å². The summed E-state index contributed by atoms with van der Waals surface area (Å²) in [5.41, 5.74) is -0.652. The Morgan fingerprint density at radius 1 is 1.21 bits per heavy atom. The Morgan fingerprint density at radius 2 is 1.86 bits per heavy atom. The maximum Gasteiger partial charge on any atom is 0.435 e. The van der Waals surface area contributed by atoms with E-state index >= 15 is 0 Å². The number of aromatic nitrogens is 6. The van der Waals surface area contributed by atoms with Crippen molar-refractivity contribution in [3.63, 3.8) is 0 Å². The number of carbonyl (C=O) groups excluding carboxylic acids is 1. The van der Waals surface area contributed by atoms with Gasteiger partial charge in [-0.05, 0) is 17.7 Å². The Balaban J connectivity index is 1.87. The van der Waals surface area contributed by atoms with Crippen LogP contribution < -0.4 is 15.0 Å². The van der Waals surface area contributed by atoms with Gasteiger partial charge in [-0.25, -0.2) is 24.7 Å². The minimum atomic E-state index is -4.62. The molecule has 0 saturated heterocycles. The fraction of sp³-hybridized carbons (Fsp3) is 0.200. The highest BCUT2D eigenvalue weighted by atomic mass is 35.5. The normalized spacial score (nSPS) is 11.2. The highest BCUT2D eigenvalue weighted by molar-refractivity contribution is 6.28. The highest BCUT2D eigenvalue weighted by Gasteiger charge is 2.34. The fourth-order valence-corrected chi connectivity index (χ4v) is 2.26. The molecule has 0 aliphatic carbocycles. The van der Waals surface area contributed by atoms with E-state index in [-0.39, 0.29) is 34.9 Å². The molecule has 2 amide bonds. The zero-order chi connectivity index (χ0) is 21.0. The number of ether oxygens (including phenoxy) is 1. The second-order valence-electron chi connectivity index (χ2n) is 5.46. The summed E-state index contributed by atoms with van der Waals surface area (Å²) in [6.07, 6.45) is 0.489. The lowest BCUT2D eigenvalue weighted by atomic mass is 10.3. The Bertz CT molecular complexity index is 978. The van der Waals surface area contributed by atoms with Crippen LogP contribution in [-0.4, -0.2) is 43.3 Å². The van der Waals surface area contributed by atoms with Gasteiger partial charge in [-0.2, -0.15) is 18.3 Å². The Labute approximate surface area is 166 Å². The summed E-state index contributed by atoms with van der Waals surface area (Å²) >= 11 is 5.60. The smallest absolute Gasteiger partial charge is 0.435 e. The van der Waals surface area contributed by atoms with E-state index in [1.54, 1.807) is 0 Å². The van der Waals surface area contributed by atoms with E-state index in [0.29, 0.717) is 0 Å².